The fourth-order valence-electron chi connectivity index (χ4n) is 4.14. The Morgan fingerprint density at radius 3 is 2.28 bits per heavy atom. The number of anilines is 2. The molecule has 5 rings (SSSR count). The molecule has 1 aromatic heterocycles. The van der Waals surface area contributed by atoms with E-state index in [4.69, 9.17) is 21.7 Å². The van der Waals surface area contributed by atoms with Gasteiger partial charge in [-0.15, -0.1) is 11.3 Å². The summed E-state index contributed by atoms with van der Waals surface area (Å²) < 4.78 is 0. The minimum absolute atomic E-state index is 0.196. The van der Waals surface area contributed by atoms with Crippen molar-refractivity contribution in [3.8, 4) is 11.3 Å². The fraction of sp³-hybridized carbons (Fsp3) is 0.138. The first kappa shape index (κ1) is 24.0. The molecule has 2 heterocycles. The highest BCUT2D eigenvalue weighted by molar-refractivity contribution is 7.14. The molecule has 1 aliphatic rings. The summed E-state index contributed by atoms with van der Waals surface area (Å²) in [6.07, 6.45) is 1.91. The molecule has 1 aliphatic heterocycles. The maximum Gasteiger partial charge on any atom is 0.283 e. The van der Waals surface area contributed by atoms with Crippen LogP contribution in [0.5, 0.6) is 0 Å². The zero-order valence-corrected chi connectivity index (χ0v) is 21.6. The molecule has 0 unspecified atom stereocenters. The van der Waals surface area contributed by atoms with Gasteiger partial charge in [0.05, 0.1) is 11.3 Å². The van der Waals surface area contributed by atoms with Crippen molar-refractivity contribution >= 4 is 51.5 Å². The summed E-state index contributed by atoms with van der Waals surface area (Å²) >= 11 is 7.41. The van der Waals surface area contributed by atoms with E-state index in [0.29, 0.717) is 21.4 Å². The molecule has 0 N–H and O–H groups in total. The minimum Gasteiger partial charge on any atom is -0.372 e. The van der Waals surface area contributed by atoms with Crippen LogP contribution in [0.25, 0.3) is 17.3 Å². The Hall–Kier alpha value is -3.74. The highest BCUT2D eigenvalue weighted by Gasteiger charge is 2.33. The summed E-state index contributed by atoms with van der Waals surface area (Å²) in [4.78, 5) is 20.6. The first-order chi connectivity index (χ1) is 17.6. The SMILES string of the molecule is CCN(CC)c1ccc(C=C2C(=O)N(c3nc(-c4ccc(Cl)cc4)cs3)N=C2c2ccccc2)cc1. The topological polar surface area (TPSA) is 48.8 Å². The van der Waals surface area contributed by atoms with Crippen molar-refractivity contribution in [1.82, 2.24) is 4.98 Å². The quantitative estimate of drug-likeness (QED) is 0.247. The van der Waals surface area contributed by atoms with Crippen molar-refractivity contribution < 1.29 is 4.79 Å². The van der Waals surface area contributed by atoms with Crippen molar-refractivity contribution in [2.24, 2.45) is 5.10 Å². The van der Waals surface area contributed by atoms with E-state index in [-0.39, 0.29) is 5.91 Å². The summed E-state index contributed by atoms with van der Waals surface area (Å²) in [5.74, 6) is -0.196. The average Bonchev–Trinajstić information content (AvgIpc) is 3.52. The number of hydrogen-bond donors (Lipinski definition) is 0. The number of hydrazone groups is 1. The van der Waals surface area contributed by atoms with E-state index in [1.54, 1.807) is 0 Å². The van der Waals surface area contributed by atoms with Gasteiger partial charge in [-0.1, -0.05) is 66.2 Å². The standard InChI is InChI=1S/C29H25ClN4OS/c1-3-33(4-2)24-16-10-20(11-17-24)18-25-27(22-8-6-5-7-9-22)32-34(28(25)35)29-31-26(19-36-29)21-12-14-23(30)15-13-21/h5-19H,3-4H2,1-2H3. The van der Waals surface area contributed by atoms with E-state index in [0.717, 1.165) is 41.2 Å². The number of nitrogens with zero attached hydrogens (tertiary/aromatic N) is 4. The summed E-state index contributed by atoms with van der Waals surface area (Å²) in [5, 5.41) is 9.26. The third-order valence-corrected chi connectivity index (χ3v) is 7.14. The van der Waals surface area contributed by atoms with Gasteiger partial charge < -0.3 is 4.90 Å². The fourth-order valence-corrected chi connectivity index (χ4v) is 5.04. The van der Waals surface area contributed by atoms with Crippen molar-refractivity contribution in [2.75, 3.05) is 23.0 Å². The number of hydrogen-bond acceptors (Lipinski definition) is 5. The Kier molecular flexibility index (Phi) is 6.98. The zero-order chi connectivity index (χ0) is 25.1. The van der Waals surface area contributed by atoms with Crippen LogP contribution < -0.4 is 9.91 Å². The van der Waals surface area contributed by atoms with Crippen LogP contribution in [0.2, 0.25) is 5.02 Å². The number of thiazole rings is 1. The zero-order valence-electron chi connectivity index (χ0n) is 20.1. The second-order valence-corrected chi connectivity index (χ2v) is 9.55. The van der Waals surface area contributed by atoms with Gasteiger partial charge >= 0.3 is 0 Å². The van der Waals surface area contributed by atoms with Gasteiger partial charge in [-0.05, 0) is 49.8 Å². The first-order valence-corrected chi connectivity index (χ1v) is 13.1. The average molecular weight is 513 g/mol. The van der Waals surface area contributed by atoms with Crippen LogP contribution in [0.4, 0.5) is 10.8 Å². The minimum atomic E-state index is -0.196. The predicted molar refractivity (Wildman–Crippen MR) is 151 cm³/mol. The van der Waals surface area contributed by atoms with Crippen molar-refractivity contribution in [3.63, 3.8) is 0 Å². The van der Waals surface area contributed by atoms with Gasteiger partial charge in [-0.2, -0.15) is 10.1 Å². The lowest BCUT2D eigenvalue weighted by atomic mass is 10.0. The van der Waals surface area contributed by atoms with Crippen LogP contribution >= 0.6 is 22.9 Å². The van der Waals surface area contributed by atoms with Crippen LogP contribution in [-0.4, -0.2) is 29.7 Å². The molecular weight excluding hydrogens is 488 g/mol. The molecule has 180 valence electrons. The molecule has 0 fully saturated rings. The van der Waals surface area contributed by atoms with E-state index in [9.17, 15) is 4.79 Å². The van der Waals surface area contributed by atoms with Gasteiger partial charge in [0.2, 0.25) is 5.13 Å². The Balaban J connectivity index is 1.50. The molecule has 36 heavy (non-hydrogen) atoms. The van der Waals surface area contributed by atoms with Crippen LogP contribution in [0, 0.1) is 0 Å². The maximum atomic E-state index is 13.6. The van der Waals surface area contributed by atoms with Gasteiger partial charge in [0.1, 0.15) is 5.71 Å². The normalized spacial score (nSPS) is 14.4. The number of carbonyl (C=O) groups excluding carboxylic acids is 1. The molecule has 5 nitrogen and oxygen atoms in total. The van der Waals surface area contributed by atoms with Gasteiger partial charge in [-0.25, -0.2) is 4.98 Å². The highest BCUT2D eigenvalue weighted by atomic mass is 35.5. The van der Waals surface area contributed by atoms with Crippen LogP contribution in [-0.2, 0) is 4.79 Å². The third kappa shape index (κ3) is 4.83. The van der Waals surface area contributed by atoms with E-state index >= 15 is 0 Å². The van der Waals surface area contributed by atoms with Crippen molar-refractivity contribution in [3.05, 3.63) is 106 Å². The molecule has 7 heteroatoms. The molecular formula is C29H25ClN4OS. The van der Waals surface area contributed by atoms with Crippen LogP contribution in [0.15, 0.2) is 94.9 Å². The van der Waals surface area contributed by atoms with E-state index in [1.165, 1.54) is 16.3 Å². The molecule has 0 radical (unpaired) electrons. The molecule has 4 aromatic rings. The van der Waals surface area contributed by atoms with E-state index in [2.05, 4.69) is 30.9 Å². The molecule has 1 amide bonds. The summed E-state index contributed by atoms with van der Waals surface area (Å²) in [7, 11) is 0. The second kappa shape index (κ2) is 10.5. The van der Waals surface area contributed by atoms with Crippen LogP contribution in [0.1, 0.15) is 25.0 Å². The molecule has 0 saturated carbocycles. The largest absolute Gasteiger partial charge is 0.372 e. The highest BCUT2D eigenvalue weighted by Crippen LogP contribution is 2.33. The van der Waals surface area contributed by atoms with Gasteiger partial charge in [0.25, 0.3) is 5.91 Å². The number of halogens is 1. The first-order valence-electron chi connectivity index (χ1n) is 11.8. The number of benzene rings is 3. The van der Waals surface area contributed by atoms with Crippen molar-refractivity contribution in [1.29, 1.82) is 0 Å². The maximum absolute atomic E-state index is 13.6. The monoisotopic (exact) mass is 512 g/mol. The number of carbonyl (C=O) groups is 1. The molecule has 0 aliphatic carbocycles. The number of amides is 1. The number of aromatic nitrogens is 1. The molecule has 0 saturated heterocycles. The van der Waals surface area contributed by atoms with E-state index < -0.39 is 0 Å². The molecule has 0 bridgehead atoms. The molecule has 0 atom stereocenters. The smallest absolute Gasteiger partial charge is 0.283 e. The van der Waals surface area contributed by atoms with Gasteiger partial charge in [0, 0.05) is 40.3 Å². The van der Waals surface area contributed by atoms with Crippen LogP contribution in [0.3, 0.4) is 0 Å². The molecule has 3 aromatic carbocycles. The summed E-state index contributed by atoms with van der Waals surface area (Å²) in [5.41, 5.74) is 5.88. The Morgan fingerprint density at radius 2 is 1.61 bits per heavy atom. The second-order valence-electron chi connectivity index (χ2n) is 8.28. The summed E-state index contributed by atoms with van der Waals surface area (Å²) in [6.45, 7) is 6.18. The predicted octanol–water partition coefficient (Wildman–Crippen LogP) is 7.14. The Morgan fingerprint density at radius 1 is 0.917 bits per heavy atom. The Labute approximate surface area is 220 Å². The van der Waals surface area contributed by atoms with Gasteiger partial charge in [0.15, 0.2) is 0 Å². The lowest BCUT2D eigenvalue weighted by molar-refractivity contribution is -0.114. The number of rotatable bonds is 7. The molecule has 0 spiro atoms. The third-order valence-electron chi connectivity index (χ3n) is 6.07. The van der Waals surface area contributed by atoms with E-state index in [1.807, 2.05) is 78.2 Å². The Bertz CT molecular complexity index is 1420. The van der Waals surface area contributed by atoms with Gasteiger partial charge in [-0.3, -0.25) is 4.79 Å². The summed E-state index contributed by atoms with van der Waals surface area (Å²) in [6, 6.07) is 25.5. The lowest BCUT2D eigenvalue weighted by Crippen LogP contribution is -2.21. The lowest BCUT2D eigenvalue weighted by Gasteiger charge is -2.20. The van der Waals surface area contributed by atoms with Crippen molar-refractivity contribution in [2.45, 2.75) is 13.8 Å².